The minimum absolute atomic E-state index is 0.0124. The quantitative estimate of drug-likeness (QED) is 0.609. The van der Waals surface area contributed by atoms with E-state index in [1.54, 1.807) is 12.1 Å². The molecular weight excluding hydrogens is 218 g/mol. The van der Waals surface area contributed by atoms with Crippen molar-refractivity contribution in [3.63, 3.8) is 0 Å². The van der Waals surface area contributed by atoms with Crippen LogP contribution >= 0.6 is 11.6 Å². The maximum Gasteiger partial charge on any atom is 0.293 e. The Labute approximate surface area is 91.4 Å². The molecule has 0 aliphatic heterocycles. The highest BCUT2D eigenvalue weighted by atomic mass is 35.5. The molecule has 15 heavy (non-hydrogen) atoms. The van der Waals surface area contributed by atoms with E-state index < -0.39 is 4.92 Å². The molecule has 2 unspecified atom stereocenters. The number of benzene rings is 1. The molecule has 80 valence electrons. The van der Waals surface area contributed by atoms with E-state index in [9.17, 15) is 10.1 Å². The van der Waals surface area contributed by atoms with Gasteiger partial charge in [0.15, 0.2) is 0 Å². The lowest BCUT2D eigenvalue weighted by atomic mass is 10.2. The van der Waals surface area contributed by atoms with E-state index >= 15 is 0 Å². The molecule has 0 amide bonds. The number of halogens is 1. The molecule has 1 aliphatic carbocycles. The molecular formula is C9H10ClN3O2. The van der Waals surface area contributed by atoms with Gasteiger partial charge in [-0.05, 0) is 12.5 Å². The molecule has 0 radical (unpaired) electrons. The molecule has 6 heteroatoms. The average Bonchev–Trinajstić information content (AvgIpc) is 2.85. The maximum absolute atomic E-state index is 10.7. The summed E-state index contributed by atoms with van der Waals surface area (Å²) in [5.74, 6) is 0. The zero-order chi connectivity index (χ0) is 11.0. The van der Waals surface area contributed by atoms with Gasteiger partial charge in [-0.2, -0.15) is 0 Å². The number of nitro benzene ring substituents is 1. The first-order valence-electron chi connectivity index (χ1n) is 4.54. The minimum Gasteiger partial charge on any atom is -0.374 e. The van der Waals surface area contributed by atoms with Crippen LogP contribution in [0.15, 0.2) is 18.2 Å². The fraction of sp³-hybridized carbons (Fsp3) is 0.333. The summed E-state index contributed by atoms with van der Waals surface area (Å²) < 4.78 is 0. The Hall–Kier alpha value is -1.33. The highest BCUT2D eigenvalue weighted by Gasteiger charge is 2.35. The van der Waals surface area contributed by atoms with Crippen LogP contribution < -0.4 is 11.1 Å². The molecule has 2 rings (SSSR count). The van der Waals surface area contributed by atoms with E-state index in [-0.39, 0.29) is 17.8 Å². The molecule has 1 saturated carbocycles. The Morgan fingerprint density at radius 1 is 1.60 bits per heavy atom. The molecule has 1 fully saturated rings. The zero-order valence-corrected chi connectivity index (χ0v) is 8.57. The summed E-state index contributed by atoms with van der Waals surface area (Å²) in [6, 6.07) is 4.76. The molecule has 0 heterocycles. The number of rotatable bonds is 3. The predicted octanol–water partition coefficient (Wildman–Crippen LogP) is 1.76. The Morgan fingerprint density at radius 3 is 2.80 bits per heavy atom. The Balaban J connectivity index is 2.30. The smallest absolute Gasteiger partial charge is 0.293 e. The molecule has 0 saturated heterocycles. The second kappa shape index (κ2) is 3.67. The Kier molecular flexibility index (Phi) is 2.50. The van der Waals surface area contributed by atoms with Crippen LogP contribution in [-0.2, 0) is 0 Å². The minimum atomic E-state index is -0.456. The summed E-state index contributed by atoms with van der Waals surface area (Å²) in [5, 5.41) is 14.1. The van der Waals surface area contributed by atoms with Crippen molar-refractivity contribution < 1.29 is 4.92 Å². The number of nitrogens with two attached hydrogens (primary N) is 1. The number of nitrogens with one attached hydrogen (secondary N) is 1. The summed E-state index contributed by atoms with van der Waals surface area (Å²) >= 11 is 5.89. The largest absolute Gasteiger partial charge is 0.374 e. The van der Waals surface area contributed by atoms with Crippen molar-refractivity contribution in [1.29, 1.82) is 0 Å². The van der Waals surface area contributed by atoms with Gasteiger partial charge in [-0.15, -0.1) is 0 Å². The van der Waals surface area contributed by atoms with E-state index in [0.29, 0.717) is 10.7 Å². The number of hydrogen-bond acceptors (Lipinski definition) is 4. The second-order valence-corrected chi connectivity index (χ2v) is 3.95. The molecule has 1 aliphatic rings. The summed E-state index contributed by atoms with van der Waals surface area (Å²) in [6.07, 6.45) is 0.822. The molecule has 1 aromatic rings. The standard InChI is InChI=1S/C9H10ClN3O2/c10-5-2-1-3-8(13(14)15)9(5)12-7-4-6(7)11/h1-3,6-7,12H,4,11H2. The number of para-hydroxylation sites is 1. The van der Waals surface area contributed by atoms with Crippen LogP contribution in [0.2, 0.25) is 5.02 Å². The van der Waals surface area contributed by atoms with Gasteiger partial charge in [0.2, 0.25) is 0 Å². The number of anilines is 1. The van der Waals surface area contributed by atoms with Crippen molar-refractivity contribution in [1.82, 2.24) is 0 Å². The van der Waals surface area contributed by atoms with E-state index in [2.05, 4.69) is 5.32 Å². The van der Waals surface area contributed by atoms with Crippen molar-refractivity contribution in [3.8, 4) is 0 Å². The van der Waals surface area contributed by atoms with Crippen molar-refractivity contribution in [2.24, 2.45) is 5.73 Å². The first-order chi connectivity index (χ1) is 7.09. The lowest BCUT2D eigenvalue weighted by Gasteiger charge is -2.07. The van der Waals surface area contributed by atoms with Gasteiger partial charge in [0, 0.05) is 18.2 Å². The predicted molar refractivity (Wildman–Crippen MR) is 58.1 cm³/mol. The third kappa shape index (κ3) is 2.03. The number of nitrogens with zero attached hydrogens (tertiary/aromatic N) is 1. The van der Waals surface area contributed by atoms with Gasteiger partial charge in [0.25, 0.3) is 5.69 Å². The highest BCUT2D eigenvalue weighted by molar-refractivity contribution is 6.33. The van der Waals surface area contributed by atoms with Crippen LogP contribution in [0.25, 0.3) is 0 Å². The van der Waals surface area contributed by atoms with E-state index in [4.69, 9.17) is 17.3 Å². The molecule has 0 aromatic heterocycles. The van der Waals surface area contributed by atoms with E-state index in [1.807, 2.05) is 0 Å². The van der Waals surface area contributed by atoms with Crippen LogP contribution in [-0.4, -0.2) is 17.0 Å². The van der Waals surface area contributed by atoms with E-state index in [0.717, 1.165) is 6.42 Å². The number of nitro groups is 1. The van der Waals surface area contributed by atoms with Crippen LogP contribution in [0, 0.1) is 10.1 Å². The van der Waals surface area contributed by atoms with Gasteiger partial charge in [0.1, 0.15) is 5.69 Å². The molecule has 5 nitrogen and oxygen atoms in total. The third-order valence-electron chi connectivity index (χ3n) is 2.36. The Morgan fingerprint density at radius 2 is 2.27 bits per heavy atom. The van der Waals surface area contributed by atoms with Gasteiger partial charge in [-0.1, -0.05) is 17.7 Å². The van der Waals surface area contributed by atoms with Crippen LogP contribution in [0.5, 0.6) is 0 Å². The second-order valence-electron chi connectivity index (χ2n) is 3.54. The lowest BCUT2D eigenvalue weighted by Crippen LogP contribution is -2.14. The summed E-state index contributed by atoms with van der Waals surface area (Å²) in [7, 11) is 0. The monoisotopic (exact) mass is 227 g/mol. The van der Waals surface area contributed by atoms with Crippen molar-refractivity contribution in [3.05, 3.63) is 33.3 Å². The van der Waals surface area contributed by atoms with E-state index in [1.165, 1.54) is 6.07 Å². The van der Waals surface area contributed by atoms with Crippen molar-refractivity contribution in [2.75, 3.05) is 5.32 Å². The fourth-order valence-corrected chi connectivity index (χ4v) is 1.60. The molecule has 0 spiro atoms. The number of hydrogen-bond donors (Lipinski definition) is 2. The summed E-state index contributed by atoms with van der Waals surface area (Å²) in [6.45, 7) is 0. The van der Waals surface area contributed by atoms with Gasteiger partial charge < -0.3 is 11.1 Å². The summed E-state index contributed by atoms with van der Waals surface area (Å²) in [5.41, 5.74) is 5.97. The highest BCUT2D eigenvalue weighted by Crippen LogP contribution is 2.35. The van der Waals surface area contributed by atoms with Gasteiger partial charge in [-0.3, -0.25) is 10.1 Å². The first-order valence-corrected chi connectivity index (χ1v) is 4.92. The van der Waals surface area contributed by atoms with Crippen molar-refractivity contribution >= 4 is 23.0 Å². The average molecular weight is 228 g/mol. The topological polar surface area (TPSA) is 81.2 Å². The molecule has 1 aromatic carbocycles. The van der Waals surface area contributed by atoms with Crippen LogP contribution in [0.4, 0.5) is 11.4 Å². The van der Waals surface area contributed by atoms with Crippen LogP contribution in [0.3, 0.4) is 0 Å². The lowest BCUT2D eigenvalue weighted by molar-refractivity contribution is -0.384. The Bertz CT molecular complexity index is 410. The normalized spacial score (nSPS) is 23.6. The molecule has 0 bridgehead atoms. The summed E-state index contributed by atoms with van der Waals surface area (Å²) in [4.78, 5) is 10.3. The molecule has 3 N–H and O–H groups in total. The van der Waals surface area contributed by atoms with Gasteiger partial charge >= 0.3 is 0 Å². The van der Waals surface area contributed by atoms with Crippen molar-refractivity contribution in [2.45, 2.75) is 18.5 Å². The first kappa shape index (κ1) is 10.2. The molecule has 2 atom stereocenters. The third-order valence-corrected chi connectivity index (χ3v) is 2.67. The SMILES string of the molecule is NC1CC1Nc1c(Cl)cccc1[N+](=O)[O-]. The fourth-order valence-electron chi connectivity index (χ4n) is 1.37. The van der Waals surface area contributed by atoms with Gasteiger partial charge in [-0.25, -0.2) is 0 Å². The zero-order valence-electron chi connectivity index (χ0n) is 7.81. The maximum atomic E-state index is 10.7. The van der Waals surface area contributed by atoms with Gasteiger partial charge in [0.05, 0.1) is 9.95 Å². The van der Waals surface area contributed by atoms with Crippen LogP contribution in [0.1, 0.15) is 6.42 Å².